The lowest BCUT2D eigenvalue weighted by atomic mass is 9.89. The summed E-state index contributed by atoms with van der Waals surface area (Å²) in [6.45, 7) is 7.34. The van der Waals surface area contributed by atoms with Gasteiger partial charge >= 0.3 is 0 Å². The molecule has 0 heterocycles. The van der Waals surface area contributed by atoms with Gasteiger partial charge in [0, 0.05) is 18.8 Å². The summed E-state index contributed by atoms with van der Waals surface area (Å²) < 4.78 is 0. The first-order valence-corrected chi connectivity index (χ1v) is 9.91. The molecule has 0 bridgehead atoms. The van der Waals surface area contributed by atoms with Crippen molar-refractivity contribution in [1.29, 1.82) is 0 Å². The fourth-order valence-electron chi connectivity index (χ4n) is 4.37. The molecule has 2 fully saturated rings. The van der Waals surface area contributed by atoms with E-state index in [1.807, 2.05) is 19.9 Å². The second-order valence-electron chi connectivity index (χ2n) is 8.02. The van der Waals surface area contributed by atoms with Gasteiger partial charge in [-0.3, -0.25) is 0 Å². The number of allylic oxidation sites excluding steroid dienone is 3. The van der Waals surface area contributed by atoms with Crippen molar-refractivity contribution in [2.45, 2.75) is 71.0 Å². The Balaban J connectivity index is 1.89. The molecular weight excluding hydrogens is 324 g/mol. The highest BCUT2D eigenvalue weighted by Gasteiger charge is 2.44. The van der Waals surface area contributed by atoms with E-state index in [1.165, 1.54) is 5.57 Å². The van der Waals surface area contributed by atoms with Crippen LogP contribution >= 0.6 is 0 Å². The van der Waals surface area contributed by atoms with Gasteiger partial charge in [0.05, 0.1) is 18.0 Å². The molecule has 26 heavy (non-hydrogen) atoms. The summed E-state index contributed by atoms with van der Waals surface area (Å²) in [6.07, 6.45) is 11.7. The number of hydrogen-bond donors (Lipinski definition) is 3. The molecule has 2 saturated carbocycles. The number of unbranched alkanes of at least 4 members (excludes halogenated alkanes) is 1. The normalized spacial score (nSPS) is 31.6. The standard InChI is InChI=1S/C23H34O3/c1-4-5-8-16(2)22(25)12-11-20-21-14-18(10-7-6-9-17(3)24)13-19(21)15-23(20)26/h10-12,16,19-26H,3,6-9,13-15H2,1-2H3/b12-11+,18-10+/t16?,19-,20+,21-,22+,23+/m0/s1. The second-order valence-corrected chi connectivity index (χ2v) is 8.02. The maximum atomic E-state index is 10.4. The summed E-state index contributed by atoms with van der Waals surface area (Å²) in [5.74, 6) is 7.43. The van der Waals surface area contributed by atoms with E-state index in [0.29, 0.717) is 24.7 Å². The molecule has 3 heteroatoms. The van der Waals surface area contributed by atoms with Crippen LogP contribution in [0.25, 0.3) is 0 Å². The third-order valence-corrected chi connectivity index (χ3v) is 5.93. The molecule has 0 aromatic rings. The van der Waals surface area contributed by atoms with E-state index >= 15 is 0 Å². The molecule has 2 aliphatic rings. The molecule has 6 atom stereocenters. The molecule has 0 saturated heterocycles. The monoisotopic (exact) mass is 358 g/mol. The second kappa shape index (κ2) is 10.00. The minimum atomic E-state index is -0.509. The molecule has 2 aliphatic carbocycles. The molecule has 1 unspecified atom stereocenters. The van der Waals surface area contributed by atoms with E-state index in [1.54, 1.807) is 0 Å². The number of rotatable bonds is 8. The van der Waals surface area contributed by atoms with E-state index < -0.39 is 6.10 Å². The Kier molecular flexibility index (Phi) is 8.00. The Morgan fingerprint density at radius 2 is 2.15 bits per heavy atom. The zero-order valence-electron chi connectivity index (χ0n) is 16.2. The minimum Gasteiger partial charge on any atom is -0.513 e. The molecule has 0 aliphatic heterocycles. The largest absolute Gasteiger partial charge is 0.513 e. The predicted molar refractivity (Wildman–Crippen MR) is 106 cm³/mol. The van der Waals surface area contributed by atoms with Crippen LogP contribution in [0.1, 0.15) is 58.8 Å². The van der Waals surface area contributed by atoms with E-state index in [4.69, 9.17) is 5.11 Å². The van der Waals surface area contributed by atoms with Gasteiger partial charge in [0.1, 0.15) is 0 Å². The summed E-state index contributed by atoms with van der Waals surface area (Å²) in [7, 11) is 0. The first-order valence-electron chi connectivity index (χ1n) is 9.91. The van der Waals surface area contributed by atoms with Crippen molar-refractivity contribution in [2.24, 2.45) is 23.7 Å². The lowest BCUT2D eigenvalue weighted by Crippen LogP contribution is -2.19. The van der Waals surface area contributed by atoms with Crippen molar-refractivity contribution >= 4 is 0 Å². The maximum Gasteiger partial charge on any atom is 0.0851 e. The van der Waals surface area contributed by atoms with Crippen LogP contribution in [-0.2, 0) is 0 Å². The van der Waals surface area contributed by atoms with Crippen LogP contribution < -0.4 is 0 Å². The Labute approximate surface area is 158 Å². The van der Waals surface area contributed by atoms with Gasteiger partial charge in [-0.15, -0.1) is 11.8 Å². The highest BCUT2D eigenvalue weighted by atomic mass is 16.3. The molecule has 0 spiro atoms. The maximum absolute atomic E-state index is 10.4. The van der Waals surface area contributed by atoms with Crippen LogP contribution in [-0.4, -0.2) is 27.5 Å². The lowest BCUT2D eigenvalue weighted by molar-refractivity contribution is 0.137. The van der Waals surface area contributed by atoms with Gasteiger partial charge in [-0.2, -0.15) is 0 Å². The molecule has 144 valence electrons. The first-order chi connectivity index (χ1) is 12.4. The summed E-state index contributed by atoms with van der Waals surface area (Å²) in [4.78, 5) is 0. The van der Waals surface area contributed by atoms with E-state index in [2.05, 4.69) is 30.6 Å². The van der Waals surface area contributed by atoms with Gasteiger partial charge in [0.25, 0.3) is 0 Å². The summed E-state index contributed by atoms with van der Waals surface area (Å²) >= 11 is 0. The van der Waals surface area contributed by atoms with Gasteiger partial charge < -0.3 is 15.3 Å². The number of aliphatic hydroxyl groups excluding tert-OH is 3. The smallest absolute Gasteiger partial charge is 0.0851 e. The minimum absolute atomic E-state index is 0.105. The number of hydrogen-bond acceptors (Lipinski definition) is 3. The van der Waals surface area contributed by atoms with Crippen LogP contribution in [0.15, 0.2) is 36.1 Å². The number of aliphatic hydroxyl groups is 3. The first kappa shape index (κ1) is 20.8. The number of fused-ring (bicyclic) bond motifs is 1. The Bertz CT molecular complexity index is 592. The van der Waals surface area contributed by atoms with Crippen molar-refractivity contribution in [1.82, 2.24) is 0 Å². The molecule has 3 N–H and O–H groups in total. The molecule has 2 rings (SSSR count). The molecular formula is C23H34O3. The van der Waals surface area contributed by atoms with Gasteiger partial charge in [0.15, 0.2) is 0 Å². The topological polar surface area (TPSA) is 60.7 Å². The Morgan fingerprint density at radius 1 is 1.38 bits per heavy atom. The van der Waals surface area contributed by atoms with Crippen LogP contribution in [0.5, 0.6) is 0 Å². The SMILES string of the molecule is C=C(O)CCC/C=C1\C[C@H]2C[C@@H](O)[C@H](/C=C/[C@@H](O)C(C)CC#CC)[C@H]2C1. The van der Waals surface area contributed by atoms with Crippen LogP contribution in [0.3, 0.4) is 0 Å². The molecule has 0 amide bonds. The molecule has 0 radical (unpaired) electrons. The molecule has 0 aromatic heterocycles. The third-order valence-electron chi connectivity index (χ3n) is 5.93. The van der Waals surface area contributed by atoms with Crippen LogP contribution in [0.2, 0.25) is 0 Å². The van der Waals surface area contributed by atoms with Crippen molar-refractivity contribution in [3.63, 3.8) is 0 Å². The van der Waals surface area contributed by atoms with E-state index in [0.717, 1.165) is 32.1 Å². The van der Waals surface area contributed by atoms with Crippen molar-refractivity contribution in [3.05, 3.63) is 36.1 Å². The highest BCUT2D eigenvalue weighted by molar-refractivity contribution is 5.18. The molecule has 3 nitrogen and oxygen atoms in total. The predicted octanol–water partition coefficient (Wildman–Crippen LogP) is 4.53. The Hall–Kier alpha value is -1.50. The van der Waals surface area contributed by atoms with Gasteiger partial charge in [-0.05, 0) is 56.8 Å². The lowest BCUT2D eigenvalue weighted by Gasteiger charge is -2.19. The van der Waals surface area contributed by atoms with Crippen molar-refractivity contribution < 1.29 is 15.3 Å². The van der Waals surface area contributed by atoms with Crippen molar-refractivity contribution in [2.75, 3.05) is 0 Å². The summed E-state index contributed by atoms with van der Waals surface area (Å²) in [6, 6.07) is 0. The van der Waals surface area contributed by atoms with Crippen LogP contribution in [0.4, 0.5) is 0 Å². The van der Waals surface area contributed by atoms with Crippen molar-refractivity contribution in [3.8, 4) is 11.8 Å². The highest BCUT2D eigenvalue weighted by Crippen LogP contribution is 2.50. The van der Waals surface area contributed by atoms with Gasteiger partial charge in [-0.25, -0.2) is 0 Å². The van der Waals surface area contributed by atoms with E-state index in [-0.39, 0.29) is 23.7 Å². The Morgan fingerprint density at radius 3 is 2.85 bits per heavy atom. The fourth-order valence-corrected chi connectivity index (χ4v) is 4.37. The van der Waals surface area contributed by atoms with Gasteiger partial charge in [0.2, 0.25) is 0 Å². The zero-order chi connectivity index (χ0) is 19.1. The third kappa shape index (κ3) is 5.76. The van der Waals surface area contributed by atoms with Gasteiger partial charge in [-0.1, -0.05) is 37.3 Å². The fraction of sp³-hybridized carbons (Fsp3) is 0.652. The average Bonchev–Trinajstić information content (AvgIpc) is 3.10. The van der Waals surface area contributed by atoms with E-state index in [9.17, 15) is 10.2 Å². The van der Waals surface area contributed by atoms with Crippen LogP contribution in [0, 0.1) is 35.5 Å². The summed E-state index contributed by atoms with van der Waals surface area (Å²) in [5.41, 5.74) is 1.49. The summed E-state index contributed by atoms with van der Waals surface area (Å²) in [5, 5.41) is 29.9. The average molecular weight is 359 g/mol. The zero-order valence-corrected chi connectivity index (χ0v) is 16.2. The molecule has 0 aromatic carbocycles. The quantitative estimate of drug-likeness (QED) is 0.259.